The molecular formula is C10H16N2O11P2. The molecule has 13 nitrogen and oxygen atoms in total. The maximum atomic E-state index is 12.6. The van der Waals surface area contributed by atoms with Crippen molar-refractivity contribution in [3.8, 4) is 0 Å². The third-order valence-electron chi connectivity index (χ3n) is 3.58. The van der Waals surface area contributed by atoms with E-state index in [1.54, 1.807) is 0 Å². The van der Waals surface area contributed by atoms with Gasteiger partial charge in [-0.05, 0) is 6.92 Å². The lowest BCUT2D eigenvalue weighted by Gasteiger charge is -2.33. The second-order valence-corrected chi connectivity index (χ2v) is 8.76. The summed E-state index contributed by atoms with van der Waals surface area (Å²) in [5.74, 6) is 0. The van der Waals surface area contributed by atoms with Gasteiger partial charge in [0.05, 0.1) is 12.7 Å². The first-order valence-corrected chi connectivity index (χ1v) is 9.83. The Morgan fingerprint density at radius 2 is 2.00 bits per heavy atom. The van der Waals surface area contributed by atoms with Gasteiger partial charge in [0.1, 0.15) is 6.10 Å². The van der Waals surface area contributed by atoms with Crippen LogP contribution >= 0.6 is 15.4 Å². The van der Waals surface area contributed by atoms with Gasteiger partial charge in [-0.3, -0.25) is 18.9 Å². The molecule has 1 aliphatic heterocycles. The Morgan fingerprint density at radius 1 is 1.40 bits per heavy atom. The van der Waals surface area contributed by atoms with Crippen molar-refractivity contribution in [3.05, 3.63) is 32.6 Å². The number of nitrogens with zero attached hydrogens (tertiary/aromatic N) is 1. The summed E-state index contributed by atoms with van der Waals surface area (Å²) in [6.07, 6.45) is -3.01. The average Bonchev–Trinajstić information content (AvgIpc) is 2.79. The van der Waals surface area contributed by atoms with E-state index in [0.29, 0.717) is 4.57 Å². The molecule has 0 radical (unpaired) electrons. The maximum Gasteiger partial charge on any atom is 0.476 e. The number of ether oxygens (including phenoxy) is 1. The quantitative estimate of drug-likeness (QED) is 0.294. The Balaban J connectivity index is 2.74. The van der Waals surface area contributed by atoms with Crippen LogP contribution in [0.15, 0.2) is 15.8 Å². The van der Waals surface area contributed by atoms with Crippen LogP contribution in [-0.4, -0.2) is 53.3 Å². The molecule has 0 aliphatic carbocycles. The summed E-state index contributed by atoms with van der Waals surface area (Å²) in [6, 6.07) is 0. The fraction of sp³-hybridized carbons (Fsp3) is 0.600. The lowest BCUT2D eigenvalue weighted by Crippen LogP contribution is -2.45. The smallest absolute Gasteiger partial charge is 0.394 e. The Hall–Kier alpha value is -1.14. The van der Waals surface area contributed by atoms with Gasteiger partial charge in [-0.1, -0.05) is 0 Å². The van der Waals surface area contributed by atoms with Gasteiger partial charge >= 0.3 is 21.1 Å². The molecule has 0 saturated carbocycles. The van der Waals surface area contributed by atoms with Gasteiger partial charge in [-0.25, -0.2) is 13.7 Å². The lowest BCUT2D eigenvalue weighted by molar-refractivity contribution is -0.0807. The van der Waals surface area contributed by atoms with Gasteiger partial charge in [0.25, 0.3) is 11.0 Å². The summed E-state index contributed by atoms with van der Waals surface area (Å²) in [4.78, 5) is 53.3. The normalized spacial score (nSPS) is 29.5. The van der Waals surface area contributed by atoms with Crippen LogP contribution in [0.4, 0.5) is 0 Å². The summed E-state index contributed by atoms with van der Waals surface area (Å²) in [7, 11) is -11.0. The highest BCUT2D eigenvalue weighted by Crippen LogP contribution is 2.69. The van der Waals surface area contributed by atoms with E-state index in [0.717, 1.165) is 6.20 Å². The van der Waals surface area contributed by atoms with Gasteiger partial charge in [0.2, 0.25) is 0 Å². The van der Waals surface area contributed by atoms with Crippen LogP contribution in [0.1, 0.15) is 12.0 Å². The molecule has 142 valence electrons. The third-order valence-corrected chi connectivity index (χ3v) is 6.70. The number of hydrogen-bond donors (Lipinski definition) is 6. The van der Waals surface area contributed by atoms with E-state index in [1.165, 1.54) is 6.92 Å². The molecule has 2 rings (SSSR count). The van der Waals surface area contributed by atoms with Gasteiger partial charge < -0.3 is 29.6 Å². The second kappa shape index (κ2) is 6.54. The Kier molecular flexibility index (Phi) is 5.28. The van der Waals surface area contributed by atoms with E-state index in [2.05, 4.69) is 4.31 Å². The number of nitrogens with one attached hydrogen (secondary N) is 1. The molecule has 0 aromatic carbocycles. The number of phosphoric acid groups is 1. The van der Waals surface area contributed by atoms with Crippen LogP contribution < -0.4 is 11.2 Å². The lowest BCUT2D eigenvalue weighted by atomic mass is 10.2. The molecule has 1 fully saturated rings. The van der Waals surface area contributed by atoms with Crippen LogP contribution in [0.5, 0.6) is 0 Å². The number of aliphatic hydroxyl groups is 2. The molecule has 1 saturated heterocycles. The number of H-pyrrole nitrogens is 1. The summed E-state index contributed by atoms with van der Waals surface area (Å²) in [6.45, 7) is 0.430. The fourth-order valence-corrected chi connectivity index (χ4v) is 5.21. The highest BCUT2D eigenvalue weighted by Gasteiger charge is 2.62. The van der Waals surface area contributed by atoms with E-state index in [1.807, 2.05) is 4.98 Å². The topological polar surface area (TPSA) is 209 Å². The molecule has 1 unspecified atom stereocenters. The molecule has 25 heavy (non-hydrogen) atoms. The number of aromatic amines is 1. The van der Waals surface area contributed by atoms with Crippen molar-refractivity contribution in [3.63, 3.8) is 0 Å². The largest absolute Gasteiger partial charge is 0.476 e. The minimum atomic E-state index is -5.51. The molecule has 1 aromatic heterocycles. The van der Waals surface area contributed by atoms with E-state index in [-0.39, 0.29) is 5.56 Å². The predicted molar refractivity (Wildman–Crippen MR) is 79.6 cm³/mol. The zero-order valence-corrected chi connectivity index (χ0v) is 14.5. The Bertz CT molecular complexity index is 872. The summed E-state index contributed by atoms with van der Waals surface area (Å²) in [5.41, 5.74) is -4.92. The monoisotopic (exact) mass is 402 g/mol. The van der Waals surface area contributed by atoms with Gasteiger partial charge in [-0.15, -0.1) is 0 Å². The molecule has 0 bridgehead atoms. The van der Waals surface area contributed by atoms with Crippen molar-refractivity contribution in [2.45, 2.75) is 31.0 Å². The standard InChI is InChI=1S/C10H16N2O11P2/c1-5-3-12(9(16)11-8(5)15)10(2-6(14)7(4-13)22-10)24(17,18)23-25(19,20)21/h3,6-7,13-14H,2,4H2,1H3,(H,17,18)(H,11,15,16)(H2,19,20,21)/t6-,7+,10-/m0/s1. The van der Waals surface area contributed by atoms with Crippen LogP contribution in [-0.2, 0) is 23.6 Å². The first-order chi connectivity index (χ1) is 11.3. The Labute approximate surface area is 139 Å². The summed E-state index contributed by atoms with van der Waals surface area (Å²) >= 11 is 0. The van der Waals surface area contributed by atoms with Gasteiger partial charge in [0.15, 0.2) is 0 Å². The second-order valence-electron chi connectivity index (χ2n) is 5.39. The summed E-state index contributed by atoms with van der Waals surface area (Å²) in [5, 5.41) is 19.1. The van der Waals surface area contributed by atoms with Gasteiger partial charge in [-0.2, -0.15) is 0 Å². The van der Waals surface area contributed by atoms with Crippen LogP contribution in [0.3, 0.4) is 0 Å². The fourth-order valence-electron chi connectivity index (χ4n) is 2.44. The molecule has 15 heteroatoms. The highest BCUT2D eigenvalue weighted by atomic mass is 31.3. The summed E-state index contributed by atoms with van der Waals surface area (Å²) < 4.78 is 33.1. The SMILES string of the molecule is Cc1cn([C@@]2(P(=O)(O)OP(=O)(O)O)C[C@H](O)[C@@H](CO)O2)c(=O)[nH]c1=O. The number of aryl methyl sites for hydroxylation is 1. The number of rotatable bonds is 5. The van der Waals surface area contributed by atoms with E-state index in [9.17, 15) is 33.8 Å². The average molecular weight is 402 g/mol. The van der Waals surface area contributed by atoms with Crippen molar-refractivity contribution in [2.75, 3.05) is 6.61 Å². The zero-order chi connectivity index (χ0) is 19.2. The number of aromatic nitrogens is 2. The minimum absolute atomic E-state index is 0.0966. The first-order valence-electron chi connectivity index (χ1n) is 6.72. The third kappa shape index (κ3) is 3.70. The first kappa shape index (κ1) is 20.2. The van der Waals surface area contributed by atoms with Crippen molar-refractivity contribution in [1.29, 1.82) is 0 Å². The maximum absolute atomic E-state index is 12.6. The molecular weight excluding hydrogens is 386 g/mol. The Morgan fingerprint density at radius 3 is 2.48 bits per heavy atom. The number of hydrogen-bond acceptors (Lipinski definition) is 8. The molecule has 0 amide bonds. The molecule has 1 aromatic rings. The van der Waals surface area contributed by atoms with E-state index in [4.69, 9.17) is 14.5 Å². The van der Waals surface area contributed by atoms with Crippen molar-refractivity contribution in [1.82, 2.24) is 9.55 Å². The number of aliphatic hydroxyl groups excluding tert-OH is 2. The molecule has 2 heterocycles. The van der Waals surface area contributed by atoms with E-state index >= 15 is 0 Å². The van der Waals surface area contributed by atoms with Crippen molar-refractivity contribution in [2.24, 2.45) is 0 Å². The van der Waals surface area contributed by atoms with Crippen LogP contribution in [0, 0.1) is 6.92 Å². The predicted octanol–water partition coefficient (Wildman–Crippen LogP) is -2.11. The van der Waals surface area contributed by atoms with E-state index < -0.39 is 57.4 Å². The zero-order valence-electron chi connectivity index (χ0n) is 12.7. The van der Waals surface area contributed by atoms with Crippen LogP contribution in [0.2, 0.25) is 0 Å². The molecule has 1 aliphatic rings. The van der Waals surface area contributed by atoms with Crippen LogP contribution in [0.25, 0.3) is 0 Å². The van der Waals surface area contributed by atoms with Crippen molar-refractivity contribution >= 4 is 15.4 Å². The molecule has 4 atom stereocenters. The highest BCUT2D eigenvalue weighted by molar-refractivity contribution is 7.64. The molecule has 0 spiro atoms. The molecule has 6 N–H and O–H groups in total. The van der Waals surface area contributed by atoms with Crippen molar-refractivity contribution < 1.29 is 43.1 Å². The minimum Gasteiger partial charge on any atom is -0.394 e. The van der Waals surface area contributed by atoms with Gasteiger partial charge in [0, 0.05) is 18.2 Å².